The molecule has 0 saturated heterocycles. The summed E-state index contributed by atoms with van der Waals surface area (Å²) in [5.41, 5.74) is 7.87. The first-order valence-corrected chi connectivity index (χ1v) is 6.27. The molecule has 0 bridgehead atoms. The van der Waals surface area contributed by atoms with Crippen molar-refractivity contribution in [1.29, 1.82) is 0 Å². The average molecular weight is 285 g/mol. The number of hydrogen-bond acceptors (Lipinski definition) is 4. The molecule has 3 N–H and O–H groups in total. The topological polar surface area (TPSA) is 80.6 Å². The van der Waals surface area contributed by atoms with Crippen LogP contribution in [0.25, 0.3) is 16.8 Å². The first-order valence-electron chi connectivity index (χ1n) is 6.27. The summed E-state index contributed by atoms with van der Waals surface area (Å²) in [6, 6.07) is 7.99. The monoisotopic (exact) mass is 285 g/mol. The lowest BCUT2D eigenvalue weighted by Crippen LogP contribution is -1.97. The standard InChI is InChI=1S/C15H12FN3O2/c16-12-3-1-2-10(11(12)7-20)9-4-5-14-18-15(17)13(8-21)19(14)6-9/h1-6,8,20H,7,17H2. The predicted octanol–water partition coefficient (Wildman–Crippen LogP) is 2.03. The van der Waals surface area contributed by atoms with Crippen LogP contribution in [0.15, 0.2) is 36.5 Å². The molecule has 1 aromatic carbocycles. The fourth-order valence-electron chi connectivity index (χ4n) is 2.35. The molecular weight excluding hydrogens is 273 g/mol. The Morgan fingerprint density at radius 2 is 2.14 bits per heavy atom. The van der Waals surface area contributed by atoms with Crippen molar-refractivity contribution in [2.24, 2.45) is 0 Å². The van der Waals surface area contributed by atoms with Crippen LogP contribution in [-0.2, 0) is 6.61 Å². The molecular formula is C15H12FN3O2. The maximum Gasteiger partial charge on any atom is 0.170 e. The quantitative estimate of drug-likeness (QED) is 0.721. The zero-order chi connectivity index (χ0) is 15.0. The van der Waals surface area contributed by atoms with Gasteiger partial charge in [-0.1, -0.05) is 12.1 Å². The van der Waals surface area contributed by atoms with Crippen molar-refractivity contribution < 1.29 is 14.3 Å². The Kier molecular flexibility index (Phi) is 3.15. The number of nitrogens with zero attached hydrogens (tertiary/aromatic N) is 2. The molecule has 5 nitrogen and oxygen atoms in total. The lowest BCUT2D eigenvalue weighted by molar-refractivity contribution is 0.111. The Balaban J connectivity index is 2.26. The molecule has 2 aromatic heterocycles. The number of anilines is 1. The van der Waals surface area contributed by atoms with Crippen molar-refractivity contribution in [3.05, 3.63) is 53.6 Å². The molecule has 0 aliphatic carbocycles. The van der Waals surface area contributed by atoms with Crippen LogP contribution in [0.2, 0.25) is 0 Å². The van der Waals surface area contributed by atoms with Crippen LogP contribution in [0.4, 0.5) is 10.2 Å². The van der Waals surface area contributed by atoms with Gasteiger partial charge in [-0.15, -0.1) is 0 Å². The van der Waals surface area contributed by atoms with Crippen molar-refractivity contribution in [2.45, 2.75) is 6.61 Å². The van der Waals surface area contributed by atoms with Crippen LogP contribution in [0.5, 0.6) is 0 Å². The van der Waals surface area contributed by atoms with Crippen molar-refractivity contribution in [1.82, 2.24) is 9.38 Å². The Bertz CT molecular complexity index is 842. The number of halogens is 1. The van der Waals surface area contributed by atoms with Gasteiger partial charge < -0.3 is 10.8 Å². The van der Waals surface area contributed by atoms with Gasteiger partial charge in [0.25, 0.3) is 0 Å². The molecule has 0 aliphatic heterocycles. The second-order valence-electron chi connectivity index (χ2n) is 4.57. The minimum atomic E-state index is -0.476. The zero-order valence-corrected chi connectivity index (χ0v) is 11.0. The van der Waals surface area contributed by atoms with Crippen LogP contribution in [0, 0.1) is 5.82 Å². The van der Waals surface area contributed by atoms with Gasteiger partial charge in [0.05, 0.1) is 6.61 Å². The Morgan fingerprint density at radius 1 is 1.33 bits per heavy atom. The van der Waals surface area contributed by atoms with E-state index in [9.17, 15) is 14.3 Å². The number of aldehydes is 1. The van der Waals surface area contributed by atoms with Crippen LogP contribution >= 0.6 is 0 Å². The maximum absolute atomic E-state index is 13.7. The molecule has 0 amide bonds. The van der Waals surface area contributed by atoms with Crippen LogP contribution in [0.1, 0.15) is 16.1 Å². The van der Waals surface area contributed by atoms with E-state index in [-0.39, 0.29) is 17.1 Å². The summed E-state index contributed by atoms with van der Waals surface area (Å²) >= 11 is 0. The molecule has 0 aliphatic rings. The largest absolute Gasteiger partial charge is 0.392 e. The van der Waals surface area contributed by atoms with E-state index >= 15 is 0 Å². The molecule has 0 atom stereocenters. The number of carbonyl (C=O) groups excluding carboxylic acids is 1. The summed E-state index contributed by atoms with van der Waals surface area (Å²) in [5.74, 6) is -0.334. The van der Waals surface area contributed by atoms with Gasteiger partial charge in [-0.2, -0.15) is 0 Å². The molecule has 0 spiro atoms. The summed E-state index contributed by atoms with van der Waals surface area (Å²) in [6.45, 7) is -0.410. The van der Waals surface area contributed by atoms with Crippen LogP contribution in [0.3, 0.4) is 0 Å². The first kappa shape index (κ1) is 13.3. The van der Waals surface area contributed by atoms with Gasteiger partial charge in [0.15, 0.2) is 12.1 Å². The van der Waals surface area contributed by atoms with Gasteiger partial charge in [-0.3, -0.25) is 9.20 Å². The van der Waals surface area contributed by atoms with Gasteiger partial charge in [-0.05, 0) is 29.3 Å². The zero-order valence-electron chi connectivity index (χ0n) is 11.0. The number of nitrogens with two attached hydrogens (primary N) is 1. The number of aliphatic hydroxyl groups is 1. The Hall–Kier alpha value is -2.73. The van der Waals surface area contributed by atoms with Gasteiger partial charge in [0.2, 0.25) is 0 Å². The number of hydrogen-bond donors (Lipinski definition) is 2. The third-order valence-electron chi connectivity index (χ3n) is 3.38. The Labute approximate surface area is 119 Å². The highest BCUT2D eigenvalue weighted by molar-refractivity contribution is 5.82. The van der Waals surface area contributed by atoms with Gasteiger partial charge in [0, 0.05) is 11.8 Å². The first-order chi connectivity index (χ1) is 10.2. The molecule has 6 heteroatoms. The van der Waals surface area contributed by atoms with Gasteiger partial charge >= 0.3 is 0 Å². The second kappa shape index (κ2) is 4.99. The number of aromatic nitrogens is 2. The van der Waals surface area contributed by atoms with E-state index in [1.807, 2.05) is 0 Å². The minimum absolute atomic E-state index is 0.142. The highest BCUT2D eigenvalue weighted by Crippen LogP contribution is 2.27. The van der Waals surface area contributed by atoms with E-state index in [1.165, 1.54) is 6.07 Å². The Morgan fingerprint density at radius 3 is 2.86 bits per heavy atom. The number of aliphatic hydroxyl groups excluding tert-OH is 1. The lowest BCUT2D eigenvalue weighted by Gasteiger charge is -2.09. The van der Waals surface area contributed by atoms with E-state index < -0.39 is 12.4 Å². The second-order valence-corrected chi connectivity index (χ2v) is 4.57. The molecule has 3 rings (SSSR count). The van der Waals surface area contributed by atoms with Crippen molar-refractivity contribution >= 4 is 17.8 Å². The van der Waals surface area contributed by atoms with Crippen molar-refractivity contribution in [3.8, 4) is 11.1 Å². The highest BCUT2D eigenvalue weighted by atomic mass is 19.1. The molecule has 0 radical (unpaired) electrons. The van der Waals surface area contributed by atoms with E-state index in [4.69, 9.17) is 5.73 Å². The highest BCUT2D eigenvalue weighted by Gasteiger charge is 2.13. The van der Waals surface area contributed by atoms with E-state index in [2.05, 4.69) is 4.98 Å². The fourth-order valence-corrected chi connectivity index (χ4v) is 2.35. The average Bonchev–Trinajstić information content (AvgIpc) is 2.81. The minimum Gasteiger partial charge on any atom is -0.392 e. The third-order valence-corrected chi connectivity index (χ3v) is 3.38. The van der Waals surface area contributed by atoms with E-state index in [1.54, 1.807) is 34.9 Å². The summed E-state index contributed by atoms with van der Waals surface area (Å²) in [5, 5.41) is 9.34. The lowest BCUT2D eigenvalue weighted by atomic mass is 10.0. The summed E-state index contributed by atoms with van der Waals surface area (Å²) in [4.78, 5) is 15.2. The number of pyridine rings is 1. The van der Waals surface area contributed by atoms with Gasteiger partial charge in [0.1, 0.15) is 17.2 Å². The number of fused-ring (bicyclic) bond motifs is 1. The van der Waals surface area contributed by atoms with Crippen molar-refractivity contribution in [2.75, 3.05) is 5.73 Å². The third kappa shape index (κ3) is 2.05. The molecule has 0 saturated carbocycles. The molecule has 0 unspecified atom stereocenters. The van der Waals surface area contributed by atoms with Gasteiger partial charge in [-0.25, -0.2) is 9.37 Å². The maximum atomic E-state index is 13.7. The van der Waals surface area contributed by atoms with Crippen molar-refractivity contribution in [3.63, 3.8) is 0 Å². The summed E-state index contributed by atoms with van der Waals surface area (Å²) in [6.07, 6.45) is 2.27. The smallest absolute Gasteiger partial charge is 0.170 e. The molecule has 3 aromatic rings. The molecule has 0 fully saturated rings. The van der Waals surface area contributed by atoms with Crippen LogP contribution in [-0.4, -0.2) is 20.8 Å². The summed E-state index contributed by atoms with van der Waals surface area (Å²) < 4.78 is 15.3. The number of imidazole rings is 1. The number of carbonyl (C=O) groups is 1. The van der Waals surface area contributed by atoms with E-state index in [0.29, 0.717) is 23.1 Å². The summed E-state index contributed by atoms with van der Waals surface area (Å²) in [7, 11) is 0. The SMILES string of the molecule is Nc1nc2ccc(-c3cccc(F)c3CO)cn2c1C=O. The number of benzene rings is 1. The molecule has 21 heavy (non-hydrogen) atoms. The number of rotatable bonds is 3. The predicted molar refractivity (Wildman–Crippen MR) is 76.3 cm³/mol. The molecule has 2 heterocycles. The number of nitrogen functional groups attached to an aromatic ring is 1. The molecule has 106 valence electrons. The van der Waals surface area contributed by atoms with Crippen LogP contribution < -0.4 is 5.73 Å². The fraction of sp³-hybridized carbons (Fsp3) is 0.0667. The normalized spacial score (nSPS) is 11.0. The van der Waals surface area contributed by atoms with E-state index in [0.717, 1.165) is 0 Å².